The molecule has 1 unspecified atom stereocenters. The molecule has 0 aliphatic heterocycles. The zero-order chi connectivity index (χ0) is 23.8. The van der Waals surface area contributed by atoms with Crippen molar-refractivity contribution >= 4 is 23.2 Å². The van der Waals surface area contributed by atoms with E-state index in [1.807, 2.05) is 0 Å². The lowest BCUT2D eigenvalue weighted by atomic mass is 10.2. The van der Waals surface area contributed by atoms with Gasteiger partial charge in [-0.05, 0) is 36.4 Å². The lowest BCUT2D eigenvalue weighted by Crippen LogP contribution is -2.43. The molecule has 3 heterocycles. The third kappa shape index (κ3) is 4.92. The molecule has 2 N–H and O–H groups in total. The molecule has 0 spiro atoms. The van der Waals surface area contributed by atoms with Crippen LogP contribution in [0.1, 0.15) is 5.82 Å². The lowest BCUT2D eigenvalue weighted by Gasteiger charge is -2.16. The van der Waals surface area contributed by atoms with Crippen molar-refractivity contribution in [2.45, 2.75) is 25.3 Å². The van der Waals surface area contributed by atoms with Gasteiger partial charge >= 0.3 is 11.9 Å². The van der Waals surface area contributed by atoms with E-state index in [-0.39, 0.29) is 18.2 Å². The maximum Gasteiger partial charge on any atom is 0.405 e. The third-order valence-corrected chi connectivity index (χ3v) is 5.16. The van der Waals surface area contributed by atoms with E-state index in [4.69, 9.17) is 28.9 Å². The van der Waals surface area contributed by atoms with E-state index in [1.165, 1.54) is 29.3 Å². The second kappa shape index (κ2) is 8.96. The molecule has 33 heavy (non-hydrogen) atoms. The van der Waals surface area contributed by atoms with Gasteiger partial charge in [-0.1, -0.05) is 23.2 Å². The second-order valence-electron chi connectivity index (χ2n) is 6.94. The van der Waals surface area contributed by atoms with Crippen molar-refractivity contribution in [3.05, 3.63) is 75.3 Å². The topological polar surface area (TPSA) is 109 Å². The standard InChI is InChI=1S/C19H15Cl2F3N8O/c20-12-5-3-11(4-6-12)16-29-31(18(33)30(16)8-14(25)19(22,23)24)9-15-27-10-32(28-15)17-13(21)2-1-7-26-17/h1-7,10,14H,8-9,25H2. The summed E-state index contributed by atoms with van der Waals surface area (Å²) < 4.78 is 42.4. The van der Waals surface area contributed by atoms with E-state index in [9.17, 15) is 18.0 Å². The summed E-state index contributed by atoms with van der Waals surface area (Å²) in [4.78, 5) is 21.2. The number of aromatic nitrogens is 7. The van der Waals surface area contributed by atoms with E-state index < -0.39 is 24.5 Å². The molecule has 172 valence electrons. The molecule has 0 saturated carbocycles. The van der Waals surface area contributed by atoms with Gasteiger partial charge in [0.1, 0.15) is 18.9 Å². The number of hydrogen-bond acceptors (Lipinski definition) is 6. The van der Waals surface area contributed by atoms with Crippen LogP contribution in [0.2, 0.25) is 10.0 Å². The highest BCUT2D eigenvalue weighted by atomic mass is 35.5. The maximum atomic E-state index is 13.1. The Kier molecular flexibility index (Phi) is 6.23. The summed E-state index contributed by atoms with van der Waals surface area (Å²) in [6.07, 6.45) is -1.82. The van der Waals surface area contributed by atoms with Crippen LogP contribution in [-0.4, -0.2) is 46.3 Å². The Morgan fingerprint density at radius 1 is 1.06 bits per heavy atom. The molecule has 4 rings (SSSR count). The Bertz CT molecular complexity index is 1330. The van der Waals surface area contributed by atoms with E-state index >= 15 is 0 Å². The predicted molar refractivity (Wildman–Crippen MR) is 114 cm³/mol. The SMILES string of the molecule is NC(Cn1c(-c2ccc(Cl)cc2)nn(Cc2ncn(-c3ncccc3Cl)n2)c1=O)C(F)(F)F. The van der Waals surface area contributed by atoms with Crippen molar-refractivity contribution in [1.82, 2.24) is 34.1 Å². The molecule has 14 heteroatoms. The molecule has 0 aliphatic rings. The summed E-state index contributed by atoms with van der Waals surface area (Å²) in [6.45, 7) is -1.02. The number of halogens is 5. The van der Waals surface area contributed by atoms with Crippen molar-refractivity contribution in [1.29, 1.82) is 0 Å². The van der Waals surface area contributed by atoms with Gasteiger partial charge < -0.3 is 5.73 Å². The molecular formula is C19H15Cl2F3N8O. The van der Waals surface area contributed by atoms with Gasteiger partial charge in [-0.2, -0.15) is 13.2 Å². The van der Waals surface area contributed by atoms with Crippen molar-refractivity contribution in [2.24, 2.45) is 5.73 Å². The number of nitrogens with two attached hydrogens (primary N) is 1. The van der Waals surface area contributed by atoms with Crippen LogP contribution >= 0.6 is 23.2 Å². The number of hydrogen-bond donors (Lipinski definition) is 1. The minimum atomic E-state index is -4.69. The first kappa shape index (κ1) is 23.0. The number of nitrogens with zero attached hydrogens (tertiary/aromatic N) is 7. The van der Waals surface area contributed by atoms with Gasteiger partial charge in [0.15, 0.2) is 17.5 Å². The fourth-order valence-electron chi connectivity index (χ4n) is 2.97. The fourth-order valence-corrected chi connectivity index (χ4v) is 3.31. The molecule has 4 aromatic rings. The van der Waals surface area contributed by atoms with Crippen LogP contribution in [0.15, 0.2) is 53.7 Å². The Balaban J connectivity index is 1.71. The maximum absolute atomic E-state index is 13.1. The van der Waals surface area contributed by atoms with Gasteiger partial charge in [0.05, 0.1) is 11.6 Å². The van der Waals surface area contributed by atoms with Gasteiger partial charge in [0, 0.05) is 16.8 Å². The highest BCUT2D eigenvalue weighted by molar-refractivity contribution is 6.32. The summed E-state index contributed by atoms with van der Waals surface area (Å²) in [5.41, 5.74) is 4.87. The molecule has 1 aromatic carbocycles. The van der Waals surface area contributed by atoms with Crippen LogP contribution in [0.25, 0.3) is 17.2 Å². The predicted octanol–water partition coefficient (Wildman–Crippen LogP) is 2.93. The average molecular weight is 499 g/mol. The molecule has 0 saturated heterocycles. The Labute approximate surface area is 194 Å². The zero-order valence-electron chi connectivity index (χ0n) is 16.6. The molecule has 0 amide bonds. The van der Waals surface area contributed by atoms with Crippen LogP contribution in [0.5, 0.6) is 0 Å². The Morgan fingerprint density at radius 3 is 2.45 bits per heavy atom. The highest BCUT2D eigenvalue weighted by Crippen LogP contribution is 2.23. The van der Waals surface area contributed by atoms with Crippen LogP contribution in [0, 0.1) is 0 Å². The number of benzene rings is 1. The van der Waals surface area contributed by atoms with Gasteiger partial charge in [-0.15, -0.1) is 10.2 Å². The van der Waals surface area contributed by atoms with Crippen LogP contribution in [-0.2, 0) is 13.1 Å². The lowest BCUT2D eigenvalue weighted by molar-refractivity contribution is -0.150. The van der Waals surface area contributed by atoms with Gasteiger partial charge in [-0.3, -0.25) is 4.57 Å². The molecule has 0 aliphatic carbocycles. The van der Waals surface area contributed by atoms with Gasteiger partial charge in [0.25, 0.3) is 0 Å². The average Bonchev–Trinajstić information content (AvgIpc) is 3.34. The van der Waals surface area contributed by atoms with Crippen LogP contribution in [0.3, 0.4) is 0 Å². The normalized spacial score (nSPS) is 12.8. The summed E-state index contributed by atoms with van der Waals surface area (Å²) in [5, 5.41) is 9.19. The molecule has 0 radical (unpaired) electrons. The summed E-state index contributed by atoms with van der Waals surface area (Å²) in [7, 11) is 0. The Hall–Kier alpha value is -3.22. The zero-order valence-corrected chi connectivity index (χ0v) is 18.1. The summed E-state index contributed by atoms with van der Waals surface area (Å²) in [5.74, 6) is 0.503. The number of rotatable bonds is 6. The summed E-state index contributed by atoms with van der Waals surface area (Å²) >= 11 is 12.0. The van der Waals surface area contributed by atoms with E-state index in [2.05, 4.69) is 20.2 Å². The minimum absolute atomic E-state index is 0.00331. The smallest absolute Gasteiger partial charge is 0.319 e. The first-order valence-electron chi connectivity index (χ1n) is 9.41. The number of pyridine rings is 1. The van der Waals surface area contributed by atoms with Gasteiger partial charge in [-0.25, -0.2) is 24.1 Å². The summed E-state index contributed by atoms with van der Waals surface area (Å²) in [6, 6.07) is 7.17. The van der Waals surface area contributed by atoms with Crippen LogP contribution < -0.4 is 11.4 Å². The molecular weight excluding hydrogens is 484 g/mol. The van der Waals surface area contributed by atoms with Crippen molar-refractivity contribution in [3.8, 4) is 17.2 Å². The van der Waals surface area contributed by atoms with Crippen molar-refractivity contribution in [2.75, 3.05) is 0 Å². The molecule has 1 atom stereocenters. The largest absolute Gasteiger partial charge is 0.405 e. The number of alkyl halides is 3. The molecule has 9 nitrogen and oxygen atoms in total. The molecule has 0 fully saturated rings. The van der Waals surface area contributed by atoms with Crippen molar-refractivity contribution in [3.63, 3.8) is 0 Å². The van der Waals surface area contributed by atoms with E-state index in [0.717, 1.165) is 9.25 Å². The minimum Gasteiger partial charge on any atom is -0.319 e. The first-order valence-corrected chi connectivity index (χ1v) is 10.2. The van der Waals surface area contributed by atoms with Crippen LogP contribution in [0.4, 0.5) is 13.2 Å². The fraction of sp³-hybridized carbons (Fsp3) is 0.211. The molecule has 0 bridgehead atoms. The quantitative estimate of drug-likeness (QED) is 0.437. The van der Waals surface area contributed by atoms with E-state index in [1.54, 1.807) is 24.3 Å². The van der Waals surface area contributed by atoms with E-state index in [0.29, 0.717) is 21.4 Å². The highest BCUT2D eigenvalue weighted by Gasteiger charge is 2.38. The van der Waals surface area contributed by atoms with Crippen molar-refractivity contribution < 1.29 is 13.2 Å². The second-order valence-corrected chi connectivity index (χ2v) is 7.79. The Morgan fingerprint density at radius 2 is 1.79 bits per heavy atom. The van der Waals surface area contributed by atoms with Gasteiger partial charge in [0.2, 0.25) is 0 Å². The molecule has 3 aromatic heterocycles. The third-order valence-electron chi connectivity index (χ3n) is 4.61. The first-order chi connectivity index (χ1) is 15.6. The monoisotopic (exact) mass is 498 g/mol.